The fourth-order valence-corrected chi connectivity index (χ4v) is 2.69. The molecule has 1 aromatic carbocycles. The highest BCUT2D eigenvalue weighted by atomic mass is 15.2. The maximum Gasteiger partial charge on any atom is 0.0369 e. The lowest BCUT2D eigenvalue weighted by molar-refractivity contribution is 0.458. The van der Waals surface area contributed by atoms with Gasteiger partial charge < -0.3 is 10.2 Å². The molecule has 0 aliphatic heterocycles. The number of nitrogens with one attached hydrogen (secondary N) is 1. The van der Waals surface area contributed by atoms with Crippen LogP contribution in [0.2, 0.25) is 0 Å². The molecule has 0 saturated heterocycles. The second-order valence-electron chi connectivity index (χ2n) is 5.78. The van der Waals surface area contributed by atoms with Gasteiger partial charge in [0.2, 0.25) is 0 Å². The van der Waals surface area contributed by atoms with Crippen LogP contribution in [0.1, 0.15) is 38.7 Å². The first-order valence-electron chi connectivity index (χ1n) is 7.79. The normalized spacial score (nSPS) is 16.4. The Morgan fingerprint density at radius 3 is 2.68 bits per heavy atom. The van der Waals surface area contributed by atoms with Gasteiger partial charge >= 0.3 is 0 Å². The number of hydrogen-bond acceptors (Lipinski definition) is 2. The molecule has 0 heterocycles. The fraction of sp³-hybridized carbons (Fsp3) is 0.647. The minimum atomic E-state index is 0.667. The van der Waals surface area contributed by atoms with E-state index in [0.717, 1.165) is 25.6 Å². The Hall–Kier alpha value is -1.02. The third-order valence-electron chi connectivity index (χ3n) is 4.01. The number of aryl methyl sites for hydroxylation is 1. The number of anilines is 1. The van der Waals surface area contributed by atoms with Crippen molar-refractivity contribution >= 4 is 5.69 Å². The van der Waals surface area contributed by atoms with Crippen molar-refractivity contribution in [3.63, 3.8) is 0 Å². The zero-order valence-electron chi connectivity index (χ0n) is 12.7. The molecule has 1 atom stereocenters. The van der Waals surface area contributed by atoms with Crippen LogP contribution in [0.3, 0.4) is 0 Å². The summed E-state index contributed by atoms with van der Waals surface area (Å²) in [6.45, 7) is 10.0. The maximum absolute atomic E-state index is 3.74. The summed E-state index contributed by atoms with van der Waals surface area (Å²) >= 11 is 0. The molecule has 19 heavy (non-hydrogen) atoms. The van der Waals surface area contributed by atoms with Crippen LogP contribution in [0.5, 0.6) is 0 Å². The van der Waals surface area contributed by atoms with Gasteiger partial charge in [0.05, 0.1) is 0 Å². The van der Waals surface area contributed by atoms with Crippen molar-refractivity contribution in [2.75, 3.05) is 24.5 Å². The van der Waals surface area contributed by atoms with Crippen molar-refractivity contribution in [2.24, 2.45) is 5.92 Å². The van der Waals surface area contributed by atoms with Gasteiger partial charge in [-0.2, -0.15) is 0 Å². The van der Waals surface area contributed by atoms with E-state index in [-0.39, 0.29) is 0 Å². The number of likely N-dealkylation sites (N-methyl/N-ethyl adjacent to an activating group) is 1. The molecule has 1 aliphatic rings. The van der Waals surface area contributed by atoms with Crippen LogP contribution in [0.15, 0.2) is 24.3 Å². The van der Waals surface area contributed by atoms with Crippen molar-refractivity contribution < 1.29 is 0 Å². The standard InChI is InChI=1S/C17H28N2/c1-4-11-18-17(15-9-10-15)13-19(5-2)16-8-6-7-14(3)12-16/h6-8,12,15,17-18H,4-5,9-11,13H2,1-3H3. The smallest absolute Gasteiger partial charge is 0.0369 e. The Morgan fingerprint density at radius 1 is 1.32 bits per heavy atom. The monoisotopic (exact) mass is 260 g/mol. The average Bonchev–Trinajstić information content (AvgIpc) is 3.23. The highest BCUT2D eigenvalue weighted by molar-refractivity contribution is 5.48. The summed E-state index contributed by atoms with van der Waals surface area (Å²) in [6, 6.07) is 9.54. The van der Waals surface area contributed by atoms with Crippen LogP contribution in [0.4, 0.5) is 5.69 Å². The van der Waals surface area contributed by atoms with Crippen LogP contribution in [0, 0.1) is 12.8 Å². The molecule has 1 N–H and O–H groups in total. The number of hydrogen-bond donors (Lipinski definition) is 1. The Balaban J connectivity index is 2.00. The summed E-state index contributed by atoms with van der Waals surface area (Å²) in [4.78, 5) is 2.51. The molecule has 0 amide bonds. The van der Waals surface area contributed by atoms with Gasteiger partial charge in [-0.15, -0.1) is 0 Å². The van der Waals surface area contributed by atoms with Crippen LogP contribution >= 0.6 is 0 Å². The zero-order chi connectivity index (χ0) is 13.7. The Kier molecular flexibility index (Phi) is 5.26. The van der Waals surface area contributed by atoms with Crippen molar-refractivity contribution in [2.45, 2.75) is 46.1 Å². The average molecular weight is 260 g/mol. The Labute approximate surface area is 118 Å². The Morgan fingerprint density at radius 2 is 2.11 bits per heavy atom. The quantitative estimate of drug-likeness (QED) is 0.768. The number of rotatable bonds is 8. The van der Waals surface area contributed by atoms with Gasteiger partial charge in [-0.3, -0.25) is 0 Å². The topological polar surface area (TPSA) is 15.3 Å². The molecule has 106 valence electrons. The van der Waals surface area contributed by atoms with Crippen LogP contribution in [0.25, 0.3) is 0 Å². The van der Waals surface area contributed by atoms with Crippen molar-refractivity contribution in [1.82, 2.24) is 5.32 Å². The van der Waals surface area contributed by atoms with Gasteiger partial charge in [0.15, 0.2) is 0 Å². The van der Waals surface area contributed by atoms with E-state index in [1.165, 1.54) is 30.5 Å². The zero-order valence-corrected chi connectivity index (χ0v) is 12.7. The second kappa shape index (κ2) is 6.95. The summed E-state index contributed by atoms with van der Waals surface area (Å²) < 4.78 is 0. The maximum atomic E-state index is 3.74. The summed E-state index contributed by atoms with van der Waals surface area (Å²) in [5.74, 6) is 0.908. The highest BCUT2D eigenvalue weighted by Gasteiger charge is 2.31. The molecule has 0 radical (unpaired) electrons. The molecule has 1 aliphatic carbocycles. The molecule has 2 rings (SSSR count). The van der Waals surface area contributed by atoms with Gasteiger partial charge in [0.1, 0.15) is 0 Å². The lowest BCUT2D eigenvalue weighted by atomic mass is 10.1. The summed E-state index contributed by atoms with van der Waals surface area (Å²) in [5, 5.41) is 3.74. The predicted molar refractivity (Wildman–Crippen MR) is 83.9 cm³/mol. The molecule has 0 bridgehead atoms. The molecule has 2 nitrogen and oxygen atoms in total. The minimum absolute atomic E-state index is 0.667. The van der Waals surface area contributed by atoms with E-state index in [2.05, 4.69) is 55.3 Å². The van der Waals surface area contributed by atoms with Gasteiger partial charge in [-0.1, -0.05) is 19.1 Å². The second-order valence-corrected chi connectivity index (χ2v) is 5.78. The number of nitrogens with zero attached hydrogens (tertiary/aromatic N) is 1. The van der Waals surface area contributed by atoms with Crippen LogP contribution in [-0.4, -0.2) is 25.7 Å². The first-order chi connectivity index (χ1) is 9.24. The van der Waals surface area contributed by atoms with E-state index >= 15 is 0 Å². The molecule has 1 saturated carbocycles. The molecule has 0 aromatic heterocycles. The summed E-state index contributed by atoms with van der Waals surface area (Å²) in [5.41, 5.74) is 2.71. The SMILES string of the molecule is CCCNC(CN(CC)c1cccc(C)c1)C1CC1. The van der Waals surface area contributed by atoms with Crippen LogP contribution in [-0.2, 0) is 0 Å². The van der Waals surface area contributed by atoms with Crippen LogP contribution < -0.4 is 10.2 Å². The molecular formula is C17H28N2. The fourth-order valence-electron chi connectivity index (χ4n) is 2.69. The van der Waals surface area contributed by atoms with E-state index in [1.807, 2.05) is 0 Å². The lowest BCUT2D eigenvalue weighted by Gasteiger charge is -2.29. The summed E-state index contributed by atoms with van der Waals surface area (Å²) in [6.07, 6.45) is 4.04. The first kappa shape index (κ1) is 14.4. The lowest BCUT2D eigenvalue weighted by Crippen LogP contribution is -2.43. The largest absolute Gasteiger partial charge is 0.370 e. The van der Waals surface area contributed by atoms with Gasteiger partial charge in [0, 0.05) is 24.8 Å². The molecule has 0 spiro atoms. The molecule has 1 unspecified atom stereocenters. The van der Waals surface area contributed by atoms with Gasteiger partial charge in [0.25, 0.3) is 0 Å². The molecular weight excluding hydrogens is 232 g/mol. The van der Waals surface area contributed by atoms with Crippen molar-refractivity contribution in [3.8, 4) is 0 Å². The first-order valence-corrected chi connectivity index (χ1v) is 7.79. The predicted octanol–water partition coefficient (Wildman–Crippen LogP) is 3.60. The van der Waals surface area contributed by atoms with Gasteiger partial charge in [-0.25, -0.2) is 0 Å². The van der Waals surface area contributed by atoms with Crippen molar-refractivity contribution in [1.29, 1.82) is 0 Å². The summed E-state index contributed by atoms with van der Waals surface area (Å²) in [7, 11) is 0. The third kappa shape index (κ3) is 4.24. The van der Waals surface area contributed by atoms with E-state index in [0.29, 0.717) is 6.04 Å². The third-order valence-corrected chi connectivity index (χ3v) is 4.01. The van der Waals surface area contributed by atoms with E-state index in [9.17, 15) is 0 Å². The highest BCUT2D eigenvalue weighted by Crippen LogP contribution is 2.33. The molecule has 2 heteroatoms. The van der Waals surface area contributed by atoms with E-state index in [1.54, 1.807) is 0 Å². The number of benzene rings is 1. The van der Waals surface area contributed by atoms with Crippen molar-refractivity contribution in [3.05, 3.63) is 29.8 Å². The Bertz CT molecular complexity index is 385. The van der Waals surface area contributed by atoms with E-state index in [4.69, 9.17) is 0 Å². The molecule has 1 aromatic rings. The molecule has 1 fully saturated rings. The minimum Gasteiger partial charge on any atom is -0.370 e. The van der Waals surface area contributed by atoms with E-state index < -0.39 is 0 Å². The van der Waals surface area contributed by atoms with Gasteiger partial charge in [-0.05, 0) is 63.3 Å².